The number of nitrogens with one attached hydrogen (secondary N) is 1. The number of pyridine rings is 1. The van der Waals surface area contributed by atoms with Crippen molar-refractivity contribution in [3.05, 3.63) is 35.7 Å². The molecule has 0 aromatic carbocycles. The zero-order valence-electron chi connectivity index (χ0n) is 17.5. The predicted molar refractivity (Wildman–Crippen MR) is 110 cm³/mol. The molecule has 0 radical (unpaired) electrons. The number of carbonyl (C=O) groups is 1. The molecule has 1 N–H and O–H groups in total. The molecule has 2 aliphatic rings. The van der Waals surface area contributed by atoms with Crippen LogP contribution in [0, 0.1) is 11.8 Å². The zero-order chi connectivity index (χ0) is 23.0. The van der Waals surface area contributed by atoms with E-state index in [1.54, 1.807) is 13.8 Å². The minimum absolute atomic E-state index is 0.0882. The van der Waals surface area contributed by atoms with Crippen LogP contribution in [0.4, 0.5) is 19.0 Å². The number of allylic oxidation sites excluding steroid dienone is 1. The molecular weight excluding hydrogens is 433 g/mol. The summed E-state index contributed by atoms with van der Waals surface area (Å²) in [5.41, 5.74) is -1.03. The average molecular weight is 459 g/mol. The predicted octanol–water partition coefficient (Wildman–Crippen LogP) is 4.16. The largest absolute Gasteiger partial charge is 0.433 e. The first-order chi connectivity index (χ1) is 14.4. The third-order valence-electron chi connectivity index (χ3n) is 5.41. The summed E-state index contributed by atoms with van der Waals surface area (Å²) in [6.45, 7) is 5.31. The van der Waals surface area contributed by atoms with Crippen molar-refractivity contribution in [2.45, 2.75) is 58.7 Å². The molecule has 1 aromatic heterocycles. The highest BCUT2D eigenvalue weighted by Crippen LogP contribution is 2.33. The Labute approximate surface area is 179 Å². The first-order valence-electron chi connectivity index (χ1n) is 10.1. The number of aromatic nitrogens is 1. The Kier molecular flexibility index (Phi) is 6.45. The molecule has 1 aliphatic heterocycles. The normalized spacial score (nSPS) is 23.9. The van der Waals surface area contributed by atoms with Gasteiger partial charge in [0, 0.05) is 12.0 Å². The van der Waals surface area contributed by atoms with Crippen molar-refractivity contribution in [3.63, 3.8) is 0 Å². The molecule has 1 fully saturated rings. The molecule has 31 heavy (non-hydrogen) atoms. The van der Waals surface area contributed by atoms with E-state index >= 15 is 0 Å². The summed E-state index contributed by atoms with van der Waals surface area (Å²) in [5, 5.41) is 2.30. The van der Waals surface area contributed by atoms with Crippen LogP contribution in [0.3, 0.4) is 0 Å². The second-order valence-electron chi connectivity index (χ2n) is 8.23. The van der Waals surface area contributed by atoms with E-state index in [2.05, 4.69) is 21.6 Å². The Morgan fingerprint density at radius 2 is 1.84 bits per heavy atom. The standard InChI is InChI=1S/C20H25F3N4O3S/c1-12(2)27-16(19(28)25-18-6-4-5-17(24-18)20(21,22)23)11-15(26-31(27,29)30)14-9-7-13(3)8-10-14/h4-6,11-14H,7-10H2,1-3H3,(H,24,25,28). The lowest BCUT2D eigenvalue weighted by Gasteiger charge is -2.33. The van der Waals surface area contributed by atoms with Gasteiger partial charge < -0.3 is 5.32 Å². The summed E-state index contributed by atoms with van der Waals surface area (Å²) in [6.07, 6.45) is 0.151. The smallest absolute Gasteiger partial charge is 0.305 e. The third-order valence-corrected chi connectivity index (χ3v) is 6.97. The van der Waals surface area contributed by atoms with E-state index in [-0.39, 0.29) is 17.4 Å². The van der Waals surface area contributed by atoms with E-state index in [0.29, 0.717) is 11.6 Å². The van der Waals surface area contributed by atoms with E-state index in [1.165, 1.54) is 12.1 Å². The number of amides is 1. The molecule has 0 bridgehead atoms. The van der Waals surface area contributed by atoms with Crippen LogP contribution in [0.2, 0.25) is 0 Å². The summed E-state index contributed by atoms with van der Waals surface area (Å²) in [7, 11) is -4.16. The lowest BCUT2D eigenvalue weighted by molar-refractivity contribution is -0.141. The topological polar surface area (TPSA) is 91.7 Å². The third kappa shape index (κ3) is 5.25. The second kappa shape index (κ2) is 8.60. The molecule has 1 aromatic rings. The van der Waals surface area contributed by atoms with Gasteiger partial charge in [-0.1, -0.05) is 25.8 Å². The van der Waals surface area contributed by atoms with E-state index < -0.39 is 34.0 Å². The highest BCUT2D eigenvalue weighted by Gasteiger charge is 2.37. The van der Waals surface area contributed by atoms with Crippen LogP contribution in [0.15, 0.2) is 34.4 Å². The van der Waals surface area contributed by atoms with Crippen LogP contribution in [0.25, 0.3) is 0 Å². The van der Waals surface area contributed by atoms with Crippen molar-refractivity contribution >= 4 is 27.6 Å². The fourth-order valence-electron chi connectivity index (χ4n) is 3.83. The highest BCUT2D eigenvalue weighted by atomic mass is 32.2. The monoisotopic (exact) mass is 458 g/mol. The average Bonchev–Trinajstić information content (AvgIpc) is 2.66. The fourth-order valence-corrected chi connectivity index (χ4v) is 5.31. The lowest BCUT2D eigenvalue weighted by atomic mass is 9.80. The number of rotatable bonds is 4. The van der Waals surface area contributed by atoms with Crippen molar-refractivity contribution in [2.75, 3.05) is 5.32 Å². The Morgan fingerprint density at radius 1 is 1.19 bits per heavy atom. The number of nitrogens with zero attached hydrogens (tertiary/aromatic N) is 3. The quantitative estimate of drug-likeness (QED) is 0.734. The summed E-state index contributed by atoms with van der Waals surface area (Å²) in [5.74, 6) is -0.726. The van der Waals surface area contributed by atoms with E-state index in [4.69, 9.17) is 0 Å². The summed E-state index contributed by atoms with van der Waals surface area (Å²) < 4.78 is 69.3. The molecule has 3 rings (SSSR count). The van der Waals surface area contributed by atoms with Gasteiger partial charge in [-0.25, -0.2) is 9.29 Å². The van der Waals surface area contributed by atoms with Gasteiger partial charge in [0.05, 0.1) is 5.71 Å². The number of carbonyl (C=O) groups excluding carboxylic acids is 1. The van der Waals surface area contributed by atoms with Gasteiger partial charge in [-0.05, 0) is 50.8 Å². The van der Waals surface area contributed by atoms with Gasteiger partial charge in [0.25, 0.3) is 5.91 Å². The van der Waals surface area contributed by atoms with E-state index in [1.807, 2.05) is 0 Å². The molecule has 170 valence electrons. The van der Waals surface area contributed by atoms with E-state index in [0.717, 1.165) is 42.1 Å². The summed E-state index contributed by atoms with van der Waals surface area (Å²) in [6, 6.07) is 2.50. The van der Waals surface area contributed by atoms with Gasteiger partial charge in [0.2, 0.25) is 0 Å². The number of halogens is 3. The SMILES string of the molecule is CC1CCC(C2=NS(=O)(=O)N(C(C)C)C(C(=O)Nc3cccc(C(F)(F)F)n3)=C2)CC1. The van der Waals surface area contributed by atoms with Crippen molar-refractivity contribution in [2.24, 2.45) is 16.2 Å². The molecule has 1 aliphatic carbocycles. The molecular formula is C20H25F3N4O3S. The van der Waals surface area contributed by atoms with Gasteiger partial charge >= 0.3 is 16.4 Å². The molecule has 11 heteroatoms. The number of anilines is 1. The van der Waals surface area contributed by atoms with Crippen LogP contribution in [0.1, 0.15) is 52.1 Å². The minimum atomic E-state index is -4.67. The molecule has 1 amide bonds. The maximum Gasteiger partial charge on any atom is 0.433 e. The minimum Gasteiger partial charge on any atom is -0.305 e. The van der Waals surface area contributed by atoms with Crippen molar-refractivity contribution in [3.8, 4) is 0 Å². The lowest BCUT2D eigenvalue weighted by Crippen LogP contribution is -2.43. The summed E-state index contributed by atoms with van der Waals surface area (Å²) >= 11 is 0. The van der Waals surface area contributed by atoms with Gasteiger partial charge in [-0.15, -0.1) is 4.40 Å². The van der Waals surface area contributed by atoms with Crippen LogP contribution in [-0.4, -0.2) is 35.4 Å². The molecule has 0 unspecified atom stereocenters. The van der Waals surface area contributed by atoms with E-state index in [9.17, 15) is 26.4 Å². The van der Waals surface area contributed by atoms with Crippen molar-refractivity contribution in [1.29, 1.82) is 0 Å². The Balaban J connectivity index is 1.93. The van der Waals surface area contributed by atoms with Crippen LogP contribution in [-0.2, 0) is 21.2 Å². The Bertz CT molecular complexity index is 1010. The zero-order valence-corrected chi connectivity index (χ0v) is 18.3. The molecule has 2 heterocycles. The Morgan fingerprint density at radius 3 is 2.42 bits per heavy atom. The van der Waals surface area contributed by atoms with Crippen LogP contribution >= 0.6 is 0 Å². The number of alkyl halides is 3. The van der Waals surface area contributed by atoms with Crippen LogP contribution in [0.5, 0.6) is 0 Å². The molecule has 7 nitrogen and oxygen atoms in total. The summed E-state index contributed by atoms with van der Waals surface area (Å²) in [4.78, 5) is 16.4. The van der Waals surface area contributed by atoms with Crippen LogP contribution < -0.4 is 5.32 Å². The molecule has 0 atom stereocenters. The van der Waals surface area contributed by atoms with Gasteiger partial charge in [0.15, 0.2) is 0 Å². The molecule has 1 saturated carbocycles. The first-order valence-corrected chi connectivity index (χ1v) is 11.5. The second-order valence-corrected chi connectivity index (χ2v) is 9.70. The van der Waals surface area contributed by atoms with Gasteiger partial charge in [-0.2, -0.15) is 21.6 Å². The highest BCUT2D eigenvalue weighted by molar-refractivity contribution is 7.88. The fraction of sp³-hybridized carbons (Fsp3) is 0.550. The van der Waals surface area contributed by atoms with Gasteiger partial charge in [0.1, 0.15) is 17.2 Å². The number of hydrogen-bond donors (Lipinski definition) is 1. The maximum atomic E-state index is 12.9. The van der Waals surface area contributed by atoms with Crippen molar-refractivity contribution < 1.29 is 26.4 Å². The number of hydrogen-bond acceptors (Lipinski definition) is 4. The maximum absolute atomic E-state index is 12.9. The first kappa shape index (κ1) is 23.2. The Hall–Kier alpha value is -2.43. The van der Waals surface area contributed by atoms with Crippen molar-refractivity contribution in [1.82, 2.24) is 9.29 Å². The van der Waals surface area contributed by atoms with Gasteiger partial charge in [-0.3, -0.25) is 4.79 Å². The molecule has 0 saturated heterocycles. The molecule has 0 spiro atoms.